The van der Waals surface area contributed by atoms with Gasteiger partial charge in [0.1, 0.15) is 0 Å². The molecule has 80 valence electrons. The molecule has 1 heteroatoms. The lowest BCUT2D eigenvalue weighted by atomic mass is 10.2. The maximum absolute atomic E-state index is 2.44. The monoisotopic (exact) mass is 201 g/mol. The topological polar surface area (TPSA) is 4.93 Å². The fourth-order valence-corrected chi connectivity index (χ4v) is 2.03. The fourth-order valence-electron chi connectivity index (χ4n) is 2.03. The molecule has 1 saturated carbocycles. The molecule has 1 heterocycles. The van der Waals surface area contributed by atoms with Crippen molar-refractivity contribution in [3.05, 3.63) is 36.0 Å². The minimum absolute atomic E-state index is 0.790. The number of fused-ring (bicyclic) bond motifs is 1. The molecule has 1 fully saturated rings. The van der Waals surface area contributed by atoms with E-state index < -0.39 is 0 Å². The summed E-state index contributed by atoms with van der Waals surface area (Å²) in [5, 5.41) is 1.41. The predicted octanol–water partition coefficient (Wildman–Crippen LogP) is 4.31. The summed E-state index contributed by atoms with van der Waals surface area (Å²) in [7, 11) is 0. The number of hydrogen-bond acceptors (Lipinski definition) is 0. The normalized spacial score (nSPS) is 14.9. The Kier molecular flexibility index (Phi) is 2.81. The van der Waals surface area contributed by atoms with Gasteiger partial charge in [-0.25, -0.2) is 0 Å². The Hall–Kier alpha value is -1.24. The van der Waals surface area contributed by atoms with E-state index in [1.165, 1.54) is 29.3 Å². The van der Waals surface area contributed by atoms with Crippen LogP contribution in [0.2, 0.25) is 0 Å². The van der Waals surface area contributed by atoms with E-state index >= 15 is 0 Å². The molecule has 3 rings (SSSR count). The molecule has 1 aromatic heterocycles. The Morgan fingerprint density at radius 2 is 1.80 bits per heavy atom. The van der Waals surface area contributed by atoms with Crippen molar-refractivity contribution in [1.29, 1.82) is 0 Å². The highest BCUT2D eigenvalue weighted by Crippen LogP contribution is 2.38. The van der Waals surface area contributed by atoms with E-state index in [9.17, 15) is 0 Å². The summed E-state index contributed by atoms with van der Waals surface area (Å²) in [4.78, 5) is 0. The summed E-state index contributed by atoms with van der Waals surface area (Å²) in [5.74, 6) is 0. The second-order valence-corrected chi connectivity index (χ2v) is 3.97. The van der Waals surface area contributed by atoms with Crippen LogP contribution in [0, 0.1) is 6.92 Å². The molecule has 0 amide bonds. The quantitative estimate of drug-likeness (QED) is 0.648. The lowest BCUT2D eigenvalue weighted by Gasteiger charge is -2.00. The molecule has 1 aliphatic carbocycles. The van der Waals surface area contributed by atoms with Crippen molar-refractivity contribution in [2.75, 3.05) is 0 Å². The van der Waals surface area contributed by atoms with E-state index in [0.717, 1.165) is 6.04 Å². The predicted molar refractivity (Wildman–Crippen MR) is 66.3 cm³/mol. The zero-order valence-corrected chi connectivity index (χ0v) is 9.83. The summed E-state index contributed by atoms with van der Waals surface area (Å²) in [6.45, 7) is 6.20. The first-order valence-corrected chi connectivity index (χ1v) is 5.92. The van der Waals surface area contributed by atoms with Crippen molar-refractivity contribution in [1.82, 2.24) is 4.57 Å². The first-order chi connectivity index (χ1) is 7.36. The number of rotatable bonds is 1. The molecule has 0 N–H and O–H groups in total. The molecule has 0 saturated heterocycles. The summed E-state index contributed by atoms with van der Waals surface area (Å²) < 4.78 is 2.44. The molecule has 0 bridgehead atoms. The van der Waals surface area contributed by atoms with Gasteiger partial charge in [-0.1, -0.05) is 32.0 Å². The third-order valence-electron chi connectivity index (χ3n) is 2.88. The molecular weight excluding hydrogens is 182 g/mol. The van der Waals surface area contributed by atoms with Crippen LogP contribution in [0.25, 0.3) is 10.9 Å². The van der Waals surface area contributed by atoms with Crippen molar-refractivity contribution in [3.8, 4) is 0 Å². The van der Waals surface area contributed by atoms with Gasteiger partial charge in [-0.15, -0.1) is 0 Å². The first kappa shape index (κ1) is 10.3. The highest BCUT2D eigenvalue weighted by molar-refractivity contribution is 5.83. The molecule has 1 aromatic carbocycles. The van der Waals surface area contributed by atoms with Crippen LogP contribution in [0.1, 0.15) is 38.3 Å². The van der Waals surface area contributed by atoms with Crippen molar-refractivity contribution in [2.24, 2.45) is 0 Å². The van der Waals surface area contributed by atoms with Gasteiger partial charge in [-0.3, -0.25) is 0 Å². The molecule has 0 atom stereocenters. The SMILES string of the molecule is CC.Cc1cn(C2CC2)c2ccccc12. The minimum atomic E-state index is 0.790. The third-order valence-corrected chi connectivity index (χ3v) is 2.88. The number of para-hydroxylation sites is 1. The molecule has 1 aliphatic rings. The average molecular weight is 201 g/mol. The lowest BCUT2D eigenvalue weighted by Crippen LogP contribution is -1.89. The van der Waals surface area contributed by atoms with E-state index in [-0.39, 0.29) is 0 Å². The highest BCUT2D eigenvalue weighted by Gasteiger charge is 2.24. The van der Waals surface area contributed by atoms with Crippen LogP contribution < -0.4 is 0 Å². The standard InChI is InChI=1S/C12H13N.C2H6/c1-9-8-13(10-6-7-10)12-5-3-2-4-11(9)12;1-2/h2-5,8,10H,6-7H2,1H3;1-2H3. The molecule has 15 heavy (non-hydrogen) atoms. The average Bonchev–Trinajstić information content (AvgIpc) is 3.08. The lowest BCUT2D eigenvalue weighted by molar-refractivity contribution is 0.774. The molecule has 0 spiro atoms. The van der Waals surface area contributed by atoms with Gasteiger partial charge in [0.05, 0.1) is 0 Å². The van der Waals surface area contributed by atoms with Crippen LogP contribution in [0.15, 0.2) is 30.5 Å². The second kappa shape index (κ2) is 4.09. The zero-order chi connectivity index (χ0) is 10.8. The number of nitrogens with zero attached hydrogens (tertiary/aromatic N) is 1. The van der Waals surface area contributed by atoms with Crippen LogP contribution in [-0.2, 0) is 0 Å². The number of aromatic nitrogens is 1. The van der Waals surface area contributed by atoms with Crippen molar-refractivity contribution >= 4 is 10.9 Å². The maximum Gasteiger partial charge on any atom is 0.0485 e. The minimum Gasteiger partial charge on any atom is -0.344 e. The second-order valence-electron chi connectivity index (χ2n) is 3.97. The summed E-state index contributed by atoms with van der Waals surface area (Å²) in [6, 6.07) is 9.47. The molecule has 2 aromatic rings. The Labute approximate surface area is 91.7 Å². The van der Waals surface area contributed by atoms with Gasteiger partial charge in [0.25, 0.3) is 0 Å². The van der Waals surface area contributed by atoms with E-state index in [1.807, 2.05) is 13.8 Å². The Morgan fingerprint density at radius 3 is 2.47 bits per heavy atom. The molecule has 0 radical (unpaired) electrons. The molecule has 1 nitrogen and oxygen atoms in total. The van der Waals surface area contributed by atoms with Gasteiger partial charge in [0.2, 0.25) is 0 Å². The third kappa shape index (κ3) is 1.79. The fraction of sp³-hybridized carbons (Fsp3) is 0.429. The van der Waals surface area contributed by atoms with Crippen LogP contribution in [0.3, 0.4) is 0 Å². The molecular formula is C14H19N. The Morgan fingerprint density at radius 1 is 1.13 bits per heavy atom. The molecule has 0 unspecified atom stereocenters. The van der Waals surface area contributed by atoms with Crippen molar-refractivity contribution in [3.63, 3.8) is 0 Å². The molecule has 0 aliphatic heterocycles. The summed E-state index contributed by atoms with van der Waals surface area (Å²) >= 11 is 0. The van der Waals surface area contributed by atoms with Crippen LogP contribution in [-0.4, -0.2) is 4.57 Å². The van der Waals surface area contributed by atoms with Gasteiger partial charge in [-0.2, -0.15) is 0 Å². The van der Waals surface area contributed by atoms with Crippen LogP contribution in [0.4, 0.5) is 0 Å². The van der Waals surface area contributed by atoms with Crippen molar-refractivity contribution in [2.45, 2.75) is 39.7 Å². The summed E-state index contributed by atoms with van der Waals surface area (Å²) in [6.07, 6.45) is 5.01. The van der Waals surface area contributed by atoms with Crippen molar-refractivity contribution < 1.29 is 0 Å². The summed E-state index contributed by atoms with van der Waals surface area (Å²) in [5.41, 5.74) is 2.81. The van der Waals surface area contributed by atoms with Gasteiger partial charge in [-0.05, 0) is 31.4 Å². The smallest absolute Gasteiger partial charge is 0.0485 e. The van der Waals surface area contributed by atoms with Crippen LogP contribution in [0.5, 0.6) is 0 Å². The van der Waals surface area contributed by atoms with Gasteiger partial charge in [0.15, 0.2) is 0 Å². The number of aryl methyl sites for hydroxylation is 1. The first-order valence-electron chi connectivity index (χ1n) is 5.92. The van der Waals surface area contributed by atoms with E-state index in [1.54, 1.807) is 0 Å². The number of benzene rings is 1. The van der Waals surface area contributed by atoms with E-state index in [2.05, 4.69) is 42.0 Å². The van der Waals surface area contributed by atoms with E-state index in [0.29, 0.717) is 0 Å². The van der Waals surface area contributed by atoms with E-state index in [4.69, 9.17) is 0 Å². The van der Waals surface area contributed by atoms with Gasteiger partial charge >= 0.3 is 0 Å². The van der Waals surface area contributed by atoms with Gasteiger partial charge < -0.3 is 4.57 Å². The van der Waals surface area contributed by atoms with Crippen LogP contribution >= 0.6 is 0 Å². The zero-order valence-electron chi connectivity index (χ0n) is 9.83. The maximum atomic E-state index is 2.44. The highest BCUT2D eigenvalue weighted by atomic mass is 15.0. The Balaban J connectivity index is 0.000000404. The number of hydrogen-bond donors (Lipinski definition) is 0. The van der Waals surface area contributed by atoms with Gasteiger partial charge in [0, 0.05) is 23.1 Å². The Bertz CT molecular complexity index is 449. The largest absolute Gasteiger partial charge is 0.344 e.